The fourth-order valence-corrected chi connectivity index (χ4v) is 2.75. The zero-order chi connectivity index (χ0) is 18.2. The fraction of sp³-hybridized carbons (Fsp3) is 0.118. The third kappa shape index (κ3) is 3.81. The van der Waals surface area contributed by atoms with Crippen molar-refractivity contribution in [2.24, 2.45) is 5.14 Å². The van der Waals surface area contributed by atoms with Crippen LogP contribution in [0.5, 0.6) is 11.5 Å². The Morgan fingerprint density at radius 2 is 1.80 bits per heavy atom. The van der Waals surface area contributed by atoms with Gasteiger partial charge in [0.05, 0.1) is 5.56 Å². The number of benzene rings is 2. The average molecular weight is 360 g/mol. The molecule has 2 aromatic rings. The molecule has 130 valence electrons. The highest BCUT2D eigenvalue weighted by Gasteiger charge is 2.28. The molecule has 25 heavy (non-hydrogen) atoms. The van der Waals surface area contributed by atoms with Crippen LogP contribution in [0.1, 0.15) is 15.9 Å². The Balaban J connectivity index is 1.86. The van der Waals surface area contributed by atoms with Crippen LogP contribution in [0.15, 0.2) is 48.2 Å². The molecular weight excluding hydrogens is 344 g/mol. The maximum Gasteiger partial charge on any atom is 0.380 e. The van der Waals surface area contributed by atoms with E-state index in [2.05, 4.69) is 4.18 Å². The minimum atomic E-state index is -4.14. The summed E-state index contributed by atoms with van der Waals surface area (Å²) >= 11 is 0. The number of nitrogens with zero attached hydrogens (tertiary/aromatic N) is 1. The van der Waals surface area contributed by atoms with Gasteiger partial charge < -0.3 is 13.8 Å². The Morgan fingerprint density at radius 1 is 1.12 bits per heavy atom. The molecule has 0 aromatic heterocycles. The molecule has 3 rings (SSSR count). The van der Waals surface area contributed by atoms with Gasteiger partial charge in [0.15, 0.2) is 5.76 Å². The summed E-state index contributed by atoms with van der Waals surface area (Å²) < 4.78 is 32.1. The Bertz CT molecular complexity index is 963. The quantitative estimate of drug-likeness (QED) is 0.837. The standard InChI is InChI=1S/C17H16N2O5S/c1-19(2)12-5-3-11(4-6-12)9-16-17(20)14-8-7-13(10-15(14)23-16)24-25(18,21)22/h3-10H,1-2H3,(H2,18,21,22)/b16-9-. The van der Waals surface area contributed by atoms with E-state index >= 15 is 0 Å². The van der Waals surface area contributed by atoms with Crippen LogP contribution in [0, 0.1) is 0 Å². The van der Waals surface area contributed by atoms with Crippen LogP contribution in [0.2, 0.25) is 0 Å². The SMILES string of the molecule is CN(C)c1ccc(/C=C2\Oc3cc(OS(N)(=O)=O)ccc3C2=O)cc1. The van der Waals surface area contributed by atoms with Crippen molar-refractivity contribution in [3.05, 3.63) is 59.4 Å². The Labute approximate surface area is 145 Å². The van der Waals surface area contributed by atoms with Gasteiger partial charge in [-0.15, -0.1) is 0 Å². The molecule has 0 fully saturated rings. The number of ether oxygens (including phenoxy) is 1. The van der Waals surface area contributed by atoms with Gasteiger partial charge in [-0.2, -0.15) is 13.6 Å². The van der Waals surface area contributed by atoms with Gasteiger partial charge in [0.25, 0.3) is 0 Å². The van der Waals surface area contributed by atoms with Gasteiger partial charge in [-0.3, -0.25) is 4.79 Å². The van der Waals surface area contributed by atoms with Crippen LogP contribution in [-0.4, -0.2) is 28.3 Å². The lowest BCUT2D eigenvalue weighted by Gasteiger charge is -2.11. The zero-order valence-electron chi connectivity index (χ0n) is 13.6. The highest BCUT2D eigenvalue weighted by molar-refractivity contribution is 7.84. The number of anilines is 1. The van der Waals surface area contributed by atoms with Crippen molar-refractivity contribution in [3.63, 3.8) is 0 Å². The summed E-state index contributed by atoms with van der Waals surface area (Å²) in [6.07, 6.45) is 1.63. The molecule has 7 nitrogen and oxygen atoms in total. The summed E-state index contributed by atoms with van der Waals surface area (Å²) in [7, 11) is -0.262. The topological polar surface area (TPSA) is 98.9 Å². The van der Waals surface area contributed by atoms with Crippen molar-refractivity contribution in [3.8, 4) is 11.5 Å². The molecule has 0 amide bonds. The van der Waals surface area contributed by atoms with Gasteiger partial charge in [0, 0.05) is 25.8 Å². The van der Waals surface area contributed by atoms with E-state index in [0.29, 0.717) is 5.56 Å². The molecular formula is C17H16N2O5S. The molecule has 0 saturated carbocycles. The predicted molar refractivity (Wildman–Crippen MR) is 93.9 cm³/mol. The number of allylic oxidation sites excluding steroid dienone is 1. The van der Waals surface area contributed by atoms with Crippen molar-refractivity contribution >= 4 is 27.9 Å². The second-order valence-electron chi connectivity index (χ2n) is 5.66. The molecule has 0 bridgehead atoms. The van der Waals surface area contributed by atoms with Gasteiger partial charge in [-0.05, 0) is 35.9 Å². The molecule has 0 unspecified atom stereocenters. The number of ketones is 1. The monoisotopic (exact) mass is 360 g/mol. The van der Waals surface area contributed by atoms with Crippen molar-refractivity contribution in [2.45, 2.75) is 0 Å². The maximum atomic E-state index is 12.4. The lowest BCUT2D eigenvalue weighted by molar-refractivity contribution is 0.101. The summed E-state index contributed by atoms with van der Waals surface area (Å²) in [4.78, 5) is 14.4. The van der Waals surface area contributed by atoms with E-state index in [9.17, 15) is 13.2 Å². The molecule has 2 aromatic carbocycles. The number of nitrogens with two attached hydrogens (primary N) is 1. The summed E-state index contributed by atoms with van der Waals surface area (Å²) in [5, 5.41) is 4.83. The van der Waals surface area contributed by atoms with E-state index in [1.807, 2.05) is 43.3 Å². The van der Waals surface area contributed by atoms with Crippen LogP contribution in [0.25, 0.3) is 6.08 Å². The minimum absolute atomic E-state index is 0.0226. The van der Waals surface area contributed by atoms with E-state index in [-0.39, 0.29) is 23.0 Å². The van der Waals surface area contributed by atoms with E-state index in [1.54, 1.807) is 6.08 Å². The Kier molecular flexibility index (Phi) is 4.23. The van der Waals surface area contributed by atoms with Crippen LogP contribution in [-0.2, 0) is 10.3 Å². The van der Waals surface area contributed by atoms with Gasteiger partial charge in [0.2, 0.25) is 5.78 Å². The van der Waals surface area contributed by atoms with Crippen LogP contribution in [0.3, 0.4) is 0 Å². The third-order valence-corrected chi connectivity index (χ3v) is 3.99. The number of hydrogen-bond acceptors (Lipinski definition) is 6. The molecule has 1 aliphatic heterocycles. The molecule has 0 aliphatic carbocycles. The number of Topliss-reactive ketones (excluding diaryl/α,β-unsaturated/α-hetero) is 1. The normalized spacial score (nSPS) is 15.0. The molecule has 1 heterocycles. The van der Waals surface area contributed by atoms with Gasteiger partial charge in [-0.25, -0.2) is 0 Å². The zero-order valence-corrected chi connectivity index (χ0v) is 14.4. The van der Waals surface area contributed by atoms with Gasteiger partial charge in [-0.1, -0.05) is 12.1 Å². The fourth-order valence-electron chi connectivity index (χ4n) is 2.37. The second-order valence-corrected chi connectivity index (χ2v) is 6.81. The number of hydrogen-bond donors (Lipinski definition) is 1. The summed E-state index contributed by atoms with van der Waals surface area (Å²) in [6.45, 7) is 0. The number of rotatable bonds is 4. The van der Waals surface area contributed by atoms with Crippen molar-refractivity contribution < 1.29 is 22.1 Å². The number of carbonyl (C=O) groups is 1. The predicted octanol–water partition coefficient (Wildman–Crippen LogP) is 1.95. The second kappa shape index (κ2) is 6.23. The molecule has 0 atom stereocenters. The smallest absolute Gasteiger partial charge is 0.380 e. The number of fused-ring (bicyclic) bond motifs is 1. The van der Waals surface area contributed by atoms with Crippen LogP contribution >= 0.6 is 0 Å². The summed E-state index contributed by atoms with van der Waals surface area (Å²) in [5.41, 5.74) is 2.18. The average Bonchev–Trinajstić information content (AvgIpc) is 2.82. The Morgan fingerprint density at radius 3 is 2.40 bits per heavy atom. The van der Waals surface area contributed by atoms with Gasteiger partial charge >= 0.3 is 10.3 Å². The summed E-state index contributed by atoms with van der Waals surface area (Å²) in [6, 6.07) is 11.7. The van der Waals surface area contributed by atoms with Crippen molar-refractivity contribution in [1.82, 2.24) is 0 Å². The lowest BCUT2D eigenvalue weighted by atomic mass is 10.1. The van der Waals surface area contributed by atoms with E-state index in [0.717, 1.165) is 11.3 Å². The molecule has 8 heteroatoms. The molecule has 1 aliphatic rings. The van der Waals surface area contributed by atoms with Crippen LogP contribution in [0.4, 0.5) is 5.69 Å². The minimum Gasteiger partial charge on any atom is -0.452 e. The largest absolute Gasteiger partial charge is 0.452 e. The van der Waals surface area contributed by atoms with E-state index in [1.165, 1.54) is 18.2 Å². The molecule has 0 spiro atoms. The van der Waals surface area contributed by atoms with Crippen molar-refractivity contribution in [2.75, 3.05) is 19.0 Å². The Hall–Kier alpha value is -2.84. The van der Waals surface area contributed by atoms with E-state index in [4.69, 9.17) is 9.88 Å². The van der Waals surface area contributed by atoms with Crippen LogP contribution < -0.4 is 19.0 Å². The lowest BCUT2D eigenvalue weighted by Crippen LogP contribution is -2.18. The molecule has 2 N–H and O–H groups in total. The highest BCUT2D eigenvalue weighted by Crippen LogP contribution is 2.35. The highest BCUT2D eigenvalue weighted by atomic mass is 32.2. The van der Waals surface area contributed by atoms with Gasteiger partial charge in [0.1, 0.15) is 11.5 Å². The third-order valence-electron chi connectivity index (χ3n) is 3.56. The first kappa shape index (κ1) is 17.0. The van der Waals surface area contributed by atoms with Crippen molar-refractivity contribution in [1.29, 1.82) is 0 Å². The summed E-state index contributed by atoms with van der Waals surface area (Å²) in [5.74, 6) is 0.0714. The maximum absolute atomic E-state index is 12.4. The first-order chi connectivity index (χ1) is 11.7. The first-order valence-corrected chi connectivity index (χ1v) is 8.78. The number of carbonyl (C=O) groups excluding carboxylic acids is 1. The molecule has 0 radical (unpaired) electrons. The molecule has 0 saturated heterocycles. The first-order valence-electron chi connectivity index (χ1n) is 7.31. The van der Waals surface area contributed by atoms with E-state index < -0.39 is 10.3 Å².